The van der Waals surface area contributed by atoms with E-state index in [1.807, 2.05) is 6.92 Å². The van der Waals surface area contributed by atoms with E-state index in [2.05, 4.69) is 0 Å². The Bertz CT molecular complexity index is 490. The van der Waals surface area contributed by atoms with Crippen molar-refractivity contribution in [1.29, 1.82) is 0 Å². The zero-order valence-electron chi connectivity index (χ0n) is 11.0. The lowest BCUT2D eigenvalue weighted by molar-refractivity contribution is 0.106. The predicted molar refractivity (Wildman–Crippen MR) is 72.4 cm³/mol. The summed E-state index contributed by atoms with van der Waals surface area (Å²) in [6, 6.07) is 6.47. The molecular weight excluding hydrogens is 269 g/mol. The maximum atomic E-state index is 13.3. The van der Waals surface area contributed by atoms with Gasteiger partial charge in [0.15, 0.2) is 0 Å². The van der Waals surface area contributed by atoms with E-state index in [1.165, 1.54) is 6.07 Å². The fraction of sp³-hybridized carbons (Fsp3) is 0.538. The highest BCUT2D eigenvalue weighted by molar-refractivity contribution is 7.89. The number of benzene rings is 1. The molecule has 0 amide bonds. The Labute approximate surface area is 113 Å². The highest BCUT2D eigenvalue weighted by Gasteiger charge is 2.08. The number of halogens is 1. The van der Waals surface area contributed by atoms with Crippen LogP contribution in [0.1, 0.15) is 25.3 Å². The van der Waals surface area contributed by atoms with Crippen molar-refractivity contribution >= 4 is 10.0 Å². The number of hydrogen-bond acceptors (Lipinski definition) is 3. The van der Waals surface area contributed by atoms with Crippen molar-refractivity contribution in [3.8, 4) is 0 Å². The van der Waals surface area contributed by atoms with Crippen molar-refractivity contribution in [2.75, 3.05) is 12.4 Å². The van der Waals surface area contributed by atoms with Crippen molar-refractivity contribution < 1.29 is 17.5 Å². The zero-order valence-corrected chi connectivity index (χ0v) is 11.8. The molecule has 0 radical (unpaired) electrons. The average molecular weight is 289 g/mol. The van der Waals surface area contributed by atoms with E-state index < -0.39 is 10.0 Å². The number of sulfonamides is 1. The first-order valence-electron chi connectivity index (χ1n) is 6.20. The van der Waals surface area contributed by atoms with Gasteiger partial charge in [-0.25, -0.2) is 17.9 Å². The van der Waals surface area contributed by atoms with Crippen LogP contribution in [0.25, 0.3) is 0 Å². The summed E-state index contributed by atoms with van der Waals surface area (Å²) in [5.41, 5.74) is 0.527. The summed E-state index contributed by atoms with van der Waals surface area (Å²) in [5, 5.41) is 4.93. The summed E-state index contributed by atoms with van der Waals surface area (Å²) in [5.74, 6) is -0.0784. The van der Waals surface area contributed by atoms with Crippen molar-refractivity contribution in [2.45, 2.75) is 26.4 Å². The minimum Gasteiger partial charge on any atom is -0.377 e. The number of hydrogen-bond donors (Lipinski definition) is 1. The molecule has 0 spiro atoms. The first-order valence-corrected chi connectivity index (χ1v) is 7.91. The molecule has 0 aliphatic rings. The number of primary sulfonamides is 1. The Balaban J connectivity index is 2.19. The van der Waals surface area contributed by atoms with Crippen molar-refractivity contribution in [2.24, 2.45) is 11.1 Å². The number of nitrogens with two attached hydrogens (primary N) is 1. The summed E-state index contributed by atoms with van der Waals surface area (Å²) in [4.78, 5) is 0. The molecule has 6 heteroatoms. The normalized spacial score (nSPS) is 13.4. The number of rotatable bonds is 8. The molecule has 0 aromatic heterocycles. The predicted octanol–water partition coefficient (Wildman–Crippen LogP) is 2.05. The summed E-state index contributed by atoms with van der Waals surface area (Å²) in [7, 11) is -3.39. The molecular formula is C13H20FNO3S. The fourth-order valence-corrected chi connectivity index (χ4v) is 2.32. The van der Waals surface area contributed by atoms with Crippen LogP contribution in [0.5, 0.6) is 0 Å². The Hall–Kier alpha value is -0.980. The lowest BCUT2D eigenvalue weighted by Gasteiger charge is -2.11. The summed E-state index contributed by atoms with van der Waals surface area (Å²) in [6.45, 7) is 2.65. The molecule has 1 unspecified atom stereocenters. The largest absolute Gasteiger partial charge is 0.377 e. The maximum Gasteiger partial charge on any atom is 0.209 e. The van der Waals surface area contributed by atoms with E-state index in [4.69, 9.17) is 9.88 Å². The van der Waals surface area contributed by atoms with Gasteiger partial charge in [-0.1, -0.05) is 25.1 Å². The molecule has 0 heterocycles. The van der Waals surface area contributed by atoms with Crippen LogP contribution in [0.15, 0.2) is 24.3 Å². The van der Waals surface area contributed by atoms with Crippen LogP contribution < -0.4 is 5.14 Å². The third-order valence-corrected chi connectivity index (χ3v) is 3.67. The molecule has 1 aromatic carbocycles. The third kappa shape index (κ3) is 7.25. The molecule has 0 aliphatic carbocycles. The molecule has 1 atom stereocenters. The second kappa shape index (κ2) is 7.57. The van der Waals surface area contributed by atoms with Gasteiger partial charge in [-0.3, -0.25) is 0 Å². The fourth-order valence-electron chi connectivity index (χ4n) is 1.59. The maximum absolute atomic E-state index is 13.3. The first kappa shape index (κ1) is 16.1. The summed E-state index contributed by atoms with van der Waals surface area (Å²) >= 11 is 0. The Kier molecular flexibility index (Phi) is 6.41. The Morgan fingerprint density at radius 1 is 1.32 bits per heavy atom. The van der Waals surface area contributed by atoms with E-state index in [1.54, 1.807) is 18.2 Å². The standard InChI is InChI=1S/C13H20FNO3S/c1-11(7-9-19(15,16)17)6-8-18-10-12-4-2-3-5-13(12)14/h2-5,11H,6-10H2,1H3,(H2,15,16,17). The Morgan fingerprint density at radius 3 is 2.63 bits per heavy atom. The summed E-state index contributed by atoms with van der Waals surface area (Å²) in [6.07, 6.45) is 1.24. The van der Waals surface area contributed by atoms with Gasteiger partial charge in [-0.2, -0.15) is 0 Å². The SMILES string of the molecule is CC(CCOCc1ccccc1F)CCS(N)(=O)=O. The van der Waals surface area contributed by atoms with Gasteiger partial charge < -0.3 is 4.74 Å². The van der Waals surface area contributed by atoms with Gasteiger partial charge in [0.2, 0.25) is 10.0 Å². The van der Waals surface area contributed by atoms with Crippen molar-refractivity contribution in [3.63, 3.8) is 0 Å². The van der Waals surface area contributed by atoms with Crippen LogP contribution in [0.3, 0.4) is 0 Å². The van der Waals surface area contributed by atoms with E-state index in [0.29, 0.717) is 18.6 Å². The first-order chi connectivity index (χ1) is 8.88. The second-order valence-electron chi connectivity index (χ2n) is 4.69. The Morgan fingerprint density at radius 2 is 2.00 bits per heavy atom. The zero-order chi connectivity index (χ0) is 14.3. The molecule has 0 fully saturated rings. The topological polar surface area (TPSA) is 69.4 Å². The minimum atomic E-state index is -3.39. The number of ether oxygens (including phenoxy) is 1. The van der Waals surface area contributed by atoms with Gasteiger partial charge in [-0.05, 0) is 24.8 Å². The molecule has 4 nitrogen and oxygen atoms in total. The van der Waals surface area contributed by atoms with Gasteiger partial charge >= 0.3 is 0 Å². The summed E-state index contributed by atoms with van der Waals surface area (Å²) < 4.78 is 40.2. The van der Waals surface area contributed by atoms with Gasteiger partial charge in [-0.15, -0.1) is 0 Å². The quantitative estimate of drug-likeness (QED) is 0.745. The van der Waals surface area contributed by atoms with Gasteiger partial charge in [0.25, 0.3) is 0 Å². The molecule has 0 aliphatic heterocycles. The van der Waals surface area contributed by atoms with Crippen molar-refractivity contribution in [1.82, 2.24) is 0 Å². The van der Waals surface area contributed by atoms with E-state index >= 15 is 0 Å². The lowest BCUT2D eigenvalue weighted by Crippen LogP contribution is -2.18. The molecule has 2 N–H and O–H groups in total. The highest BCUT2D eigenvalue weighted by atomic mass is 32.2. The van der Waals surface area contributed by atoms with Crippen LogP contribution in [-0.4, -0.2) is 20.8 Å². The van der Waals surface area contributed by atoms with Crippen molar-refractivity contribution in [3.05, 3.63) is 35.6 Å². The van der Waals surface area contributed by atoms with Gasteiger partial charge in [0.1, 0.15) is 5.82 Å². The monoisotopic (exact) mass is 289 g/mol. The molecule has 108 valence electrons. The molecule has 1 rings (SSSR count). The molecule has 0 saturated heterocycles. The van der Waals surface area contributed by atoms with Crippen LogP contribution in [0.4, 0.5) is 4.39 Å². The van der Waals surface area contributed by atoms with E-state index in [0.717, 1.165) is 6.42 Å². The molecule has 0 bridgehead atoms. The molecule has 1 aromatic rings. The second-order valence-corrected chi connectivity index (χ2v) is 6.43. The lowest BCUT2D eigenvalue weighted by atomic mass is 10.1. The smallest absolute Gasteiger partial charge is 0.209 e. The van der Waals surface area contributed by atoms with E-state index in [-0.39, 0.29) is 24.1 Å². The highest BCUT2D eigenvalue weighted by Crippen LogP contribution is 2.11. The van der Waals surface area contributed by atoms with E-state index in [9.17, 15) is 12.8 Å². The minimum absolute atomic E-state index is 0.0124. The average Bonchev–Trinajstić information content (AvgIpc) is 2.33. The molecule has 19 heavy (non-hydrogen) atoms. The van der Waals surface area contributed by atoms with Gasteiger partial charge in [0.05, 0.1) is 12.4 Å². The van der Waals surface area contributed by atoms with Crippen LogP contribution in [-0.2, 0) is 21.4 Å². The molecule has 0 saturated carbocycles. The third-order valence-electron chi connectivity index (χ3n) is 2.87. The van der Waals surface area contributed by atoms with Crippen LogP contribution >= 0.6 is 0 Å². The van der Waals surface area contributed by atoms with Crippen LogP contribution in [0, 0.1) is 11.7 Å². The van der Waals surface area contributed by atoms with Crippen LogP contribution in [0.2, 0.25) is 0 Å². The van der Waals surface area contributed by atoms with Gasteiger partial charge in [0, 0.05) is 12.2 Å².